The van der Waals surface area contributed by atoms with Crippen molar-refractivity contribution in [3.8, 4) is 0 Å². The van der Waals surface area contributed by atoms with E-state index in [1.807, 2.05) is 25.1 Å². The van der Waals surface area contributed by atoms with E-state index < -0.39 is 12.5 Å². The number of alkyl halides is 2. The van der Waals surface area contributed by atoms with Gasteiger partial charge in [0.05, 0.1) is 6.04 Å². The van der Waals surface area contributed by atoms with Gasteiger partial charge in [-0.15, -0.1) is 0 Å². The molecule has 78 valence electrons. The molecule has 0 aliphatic carbocycles. The number of aryl methyl sites for hydroxylation is 1. The van der Waals surface area contributed by atoms with Gasteiger partial charge in [0.1, 0.15) is 0 Å². The van der Waals surface area contributed by atoms with Crippen molar-refractivity contribution < 1.29 is 8.78 Å². The molecule has 0 amide bonds. The zero-order chi connectivity index (χ0) is 10.7. The van der Waals surface area contributed by atoms with Crippen LogP contribution in [0.2, 0.25) is 0 Å². The van der Waals surface area contributed by atoms with Crippen molar-refractivity contribution >= 4 is 28.3 Å². The minimum absolute atomic E-state index is 0.776. The summed E-state index contributed by atoms with van der Waals surface area (Å²) in [5, 5.41) is 2.78. The van der Waals surface area contributed by atoms with Gasteiger partial charge in [0.2, 0.25) is 0 Å². The lowest BCUT2D eigenvalue weighted by molar-refractivity contribution is 0.130. The van der Waals surface area contributed by atoms with Gasteiger partial charge >= 0.3 is 0 Å². The molecule has 14 heavy (non-hydrogen) atoms. The van der Waals surface area contributed by atoms with Crippen molar-refractivity contribution in [1.82, 2.24) is 0 Å². The van der Waals surface area contributed by atoms with E-state index in [4.69, 9.17) is 0 Å². The van der Waals surface area contributed by atoms with Gasteiger partial charge < -0.3 is 5.32 Å². The Morgan fingerprint density at radius 2 is 2.00 bits per heavy atom. The first kappa shape index (κ1) is 11.7. The minimum atomic E-state index is -2.34. The fourth-order valence-electron chi connectivity index (χ4n) is 1.10. The lowest BCUT2D eigenvalue weighted by Gasteiger charge is -2.16. The second kappa shape index (κ2) is 4.91. The maximum atomic E-state index is 12.3. The highest BCUT2D eigenvalue weighted by molar-refractivity contribution is 14.1. The summed E-state index contributed by atoms with van der Waals surface area (Å²) >= 11 is 2.19. The standard InChI is InChI=1S/C10H12F2IN/c1-6-5-8(13)3-4-9(6)14-7(2)10(11)12/h3-5,7,10,14H,1-2H3. The molecule has 0 spiro atoms. The molecule has 1 rings (SSSR count). The highest BCUT2D eigenvalue weighted by Gasteiger charge is 2.14. The molecule has 0 heterocycles. The van der Waals surface area contributed by atoms with Crippen molar-refractivity contribution in [1.29, 1.82) is 0 Å². The van der Waals surface area contributed by atoms with E-state index in [2.05, 4.69) is 27.9 Å². The van der Waals surface area contributed by atoms with Crippen LogP contribution in [-0.2, 0) is 0 Å². The smallest absolute Gasteiger partial charge is 0.258 e. The van der Waals surface area contributed by atoms with E-state index in [0.717, 1.165) is 14.8 Å². The van der Waals surface area contributed by atoms with E-state index in [1.165, 1.54) is 6.92 Å². The topological polar surface area (TPSA) is 12.0 Å². The van der Waals surface area contributed by atoms with Crippen molar-refractivity contribution in [2.75, 3.05) is 5.32 Å². The SMILES string of the molecule is Cc1cc(I)ccc1NC(C)C(F)F. The molecule has 0 fully saturated rings. The van der Waals surface area contributed by atoms with Crippen LogP contribution in [0, 0.1) is 10.5 Å². The third kappa shape index (κ3) is 3.08. The highest BCUT2D eigenvalue weighted by Crippen LogP contribution is 2.19. The molecular weight excluding hydrogens is 299 g/mol. The summed E-state index contributed by atoms with van der Waals surface area (Å²) < 4.78 is 25.6. The highest BCUT2D eigenvalue weighted by atomic mass is 127. The molecular formula is C10H12F2IN. The summed E-state index contributed by atoms with van der Waals surface area (Å²) in [7, 11) is 0. The maximum absolute atomic E-state index is 12.3. The Hall–Kier alpha value is -0.390. The van der Waals surface area contributed by atoms with Gasteiger partial charge in [0, 0.05) is 9.26 Å². The average molecular weight is 311 g/mol. The number of hydrogen-bond donors (Lipinski definition) is 1. The van der Waals surface area contributed by atoms with Crippen LogP contribution in [0.3, 0.4) is 0 Å². The van der Waals surface area contributed by atoms with Crippen LogP contribution in [-0.4, -0.2) is 12.5 Å². The van der Waals surface area contributed by atoms with E-state index in [9.17, 15) is 8.78 Å². The Kier molecular flexibility index (Phi) is 4.10. The van der Waals surface area contributed by atoms with Crippen LogP contribution in [0.4, 0.5) is 14.5 Å². The van der Waals surface area contributed by atoms with E-state index in [0.29, 0.717) is 0 Å². The molecule has 0 aliphatic rings. The number of rotatable bonds is 3. The van der Waals surface area contributed by atoms with Gasteiger partial charge in [-0.1, -0.05) is 0 Å². The fraction of sp³-hybridized carbons (Fsp3) is 0.400. The van der Waals surface area contributed by atoms with E-state index >= 15 is 0 Å². The minimum Gasteiger partial charge on any atom is -0.377 e. The van der Waals surface area contributed by atoms with Gasteiger partial charge in [-0.3, -0.25) is 0 Å². The Morgan fingerprint density at radius 1 is 1.36 bits per heavy atom. The lowest BCUT2D eigenvalue weighted by atomic mass is 10.2. The first-order chi connectivity index (χ1) is 6.50. The molecule has 0 aliphatic heterocycles. The normalized spacial score (nSPS) is 13.0. The molecule has 0 saturated heterocycles. The summed E-state index contributed by atoms with van der Waals surface area (Å²) in [6.45, 7) is 3.38. The molecule has 1 aromatic rings. The predicted molar refractivity (Wildman–Crippen MR) is 63.0 cm³/mol. The van der Waals surface area contributed by atoms with Gasteiger partial charge in [-0.2, -0.15) is 0 Å². The van der Waals surface area contributed by atoms with Crippen molar-refractivity contribution in [3.63, 3.8) is 0 Å². The fourth-order valence-corrected chi connectivity index (χ4v) is 1.74. The second-order valence-corrected chi connectivity index (χ2v) is 4.47. The van der Waals surface area contributed by atoms with Crippen LogP contribution in [0.15, 0.2) is 18.2 Å². The number of benzene rings is 1. The largest absolute Gasteiger partial charge is 0.377 e. The van der Waals surface area contributed by atoms with E-state index in [-0.39, 0.29) is 0 Å². The summed E-state index contributed by atoms with van der Waals surface area (Å²) in [5.41, 5.74) is 1.77. The third-order valence-corrected chi connectivity index (χ3v) is 2.62. The molecule has 0 radical (unpaired) electrons. The molecule has 1 nitrogen and oxygen atoms in total. The Morgan fingerprint density at radius 3 is 2.50 bits per heavy atom. The number of anilines is 1. The monoisotopic (exact) mass is 311 g/mol. The molecule has 1 unspecified atom stereocenters. The number of nitrogens with one attached hydrogen (secondary N) is 1. The maximum Gasteiger partial charge on any atom is 0.258 e. The van der Waals surface area contributed by atoms with Crippen molar-refractivity contribution in [2.24, 2.45) is 0 Å². The molecule has 0 saturated carbocycles. The predicted octanol–water partition coefficient (Wildman–Crippen LogP) is 3.67. The van der Waals surface area contributed by atoms with Gasteiger partial charge in [0.25, 0.3) is 6.43 Å². The van der Waals surface area contributed by atoms with Crippen LogP contribution in [0.25, 0.3) is 0 Å². The number of hydrogen-bond acceptors (Lipinski definition) is 1. The third-order valence-electron chi connectivity index (χ3n) is 1.95. The molecule has 1 aromatic carbocycles. The van der Waals surface area contributed by atoms with Crippen LogP contribution < -0.4 is 5.32 Å². The Balaban J connectivity index is 2.77. The average Bonchev–Trinajstić information content (AvgIpc) is 2.09. The van der Waals surface area contributed by atoms with E-state index in [1.54, 1.807) is 0 Å². The molecule has 4 heteroatoms. The van der Waals surface area contributed by atoms with Gasteiger partial charge in [0.15, 0.2) is 0 Å². The zero-order valence-corrected chi connectivity index (χ0v) is 10.2. The zero-order valence-electron chi connectivity index (χ0n) is 8.02. The second-order valence-electron chi connectivity index (χ2n) is 3.23. The van der Waals surface area contributed by atoms with Crippen LogP contribution in [0.1, 0.15) is 12.5 Å². The molecule has 0 bridgehead atoms. The first-order valence-corrected chi connectivity index (χ1v) is 5.39. The molecule has 1 atom stereocenters. The quantitative estimate of drug-likeness (QED) is 0.840. The molecule has 0 aromatic heterocycles. The summed E-state index contributed by atoms with van der Waals surface area (Å²) in [4.78, 5) is 0. The van der Waals surface area contributed by atoms with Crippen molar-refractivity contribution in [3.05, 3.63) is 27.3 Å². The Labute approximate surface area is 96.0 Å². The number of halogens is 3. The van der Waals surface area contributed by atoms with Crippen molar-refractivity contribution in [2.45, 2.75) is 26.3 Å². The Bertz CT molecular complexity index is 315. The molecule has 1 N–H and O–H groups in total. The summed E-state index contributed by atoms with van der Waals surface area (Å²) in [6, 6.07) is 4.87. The first-order valence-electron chi connectivity index (χ1n) is 4.31. The van der Waals surface area contributed by atoms with Crippen LogP contribution in [0.5, 0.6) is 0 Å². The van der Waals surface area contributed by atoms with Gasteiger partial charge in [-0.25, -0.2) is 8.78 Å². The summed E-state index contributed by atoms with van der Waals surface area (Å²) in [6.07, 6.45) is -2.34. The summed E-state index contributed by atoms with van der Waals surface area (Å²) in [5.74, 6) is 0. The van der Waals surface area contributed by atoms with Crippen LogP contribution >= 0.6 is 22.6 Å². The van der Waals surface area contributed by atoms with Gasteiger partial charge in [-0.05, 0) is 60.2 Å². The lowest BCUT2D eigenvalue weighted by Crippen LogP contribution is -2.24.